The van der Waals surface area contributed by atoms with E-state index in [0.29, 0.717) is 29.6 Å². The van der Waals surface area contributed by atoms with Gasteiger partial charge >= 0.3 is 0 Å². The predicted octanol–water partition coefficient (Wildman–Crippen LogP) is 5.93. The predicted molar refractivity (Wildman–Crippen MR) is 171 cm³/mol. The Balaban J connectivity index is 0.000000997. The van der Waals surface area contributed by atoms with E-state index in [-0.39, 0.29) is 30.3 Å². The van der Waals surface area contributed by atoms with Crippen molar-refractivity contribution >= 4 is 29.1 Å². The number of likely N-dealkylation sites (tertiary alicyclic amines) is 2. The Morgan fingerprint density at radius 3 is 1.95 bits per heavy atom. The van der Waals surface area contributed by atoms with Crippen molar-refractivity contribution in [2.24, 2.45) is 17.8 Å². The van der Waals surface area contributed by atoms with Gasteiger partial charge in [0.2, 0.25) is 12.8 Å². The van der Waals surface area contributed by atoms with E-state index in [1.807, 2.05) is 55.5 Å². The summed E-state index contributed by atoms with van der Waals surface area (Å²) in [5, 5.41) is 16.9. The largest absolute Gasteiger partial charge is 0.400 e. The number of alkyl halides is 2. The van der Waals surface area contributed by atoms with Gasteiger partial charge in [0.1, 0.15) is 0 Å². The van der Waals surface area contributed by atoms with Crippen molar-refractivity contribution in [3.63, 3.8) is 0 Å². The summed E-state index contributed by atoms with van der Waals surface area (Å²) < 4.78 is 19.2. The highest BCUT2D eigenvalue weighted by Crippen LogP contribution is 2.34. The third-order valence-corrected chi connectivity index (χ3v) is 9.57. The van der Waals surface area contributed by atoms with Gasteiger partial charge in [0.05, 0.1) is 16.5 Å². The number of aliphatic hydroxyl groups is 2. The lowest BCUT2D eigenvalue weighted by Gasteiger charge is -2.38. The van der Waals surface area contributed by atoms with Gasteiger partial charge in [-0.3, -0.25) is 9.59 Å². The first-order valence-corrected chi connectivity index (χ1v) is 16.1. The molecule has 2 atom stereocenters. The van der Waals surface area contributed by atoms with Gasteiger partial charge in [-0.25, -0.2) is 8.78 Å². The number of halogens is 3. The number of benzene rings is 2. The van der Waals surface area contributed by atoms with Gasteiger partial charge in [0.15, 0.2) is 0 Å². The summed E-state index contributed by atoms with van der Waals surface area (Å²) >= 11 is 6.59. The van der Waals surface area contributed by atoms with Crippen molar-refractivity contribution in [2.45, 2.75) is 51.4 Å². The Kier molecular flexibility index (Phi) is 14.8. The molecule has 0 bridgehead atoms. The van der Waals surface area contributed by atoms with Crippen LogP contribution in [0.5, 0.6) is 0 Å². The molecule has 0 radical (unpaired) electrons. The van der Waals surface area contributed by atoms with Crippen molar-refractivity contribution in [1.82, 2.24) is 9.80 Å². The van der Waals surface area contributed by atoms with Crippen molar-refractivity contribution in [3.8, 4) is 0 Å². The Hall–Kier alpha value is -2.75. The van der Waals surface area contributed by atoms with Crippen LogP contribution >= 0.6 is 11.6 Å². The Morgan fingerprint density at radius 2 is 1.41 bits per heavy atom. The smallest absolute Gasteiger partial charge is 0.255 e. The second kappa shape index (κ2) is 18.3. The molecule has 3 aliphatic heterocycles. The van der Waals surface area contributed by atoms with Gasteiger partial charge in [-0.2, -0.15) is 0 Å². The molecule has 44 heavy (non-hydrogen) atoms. The van der Waals surface area contributed by atoms with Crippen LogP contribution in [-0.4, -0.2) is 91.7 Å². The average Bonchev–Trinajstić information content (AvgIpc) is 3.56. The number of rotatable bonds is 7. The normalized spacial score (nSPS) is 19.9. The minimum absolute atomic E-state index is 0.0384. The topological polar surface area (TPSA) is 84.3 Å². The maximum absolute atomic E-state index is 13.0. The summed E-state index contributed by atoms with van der Waals surface area (Å²) in [4.78, 5) is 32.2. The van der Waals surface area contributed by atoms with E-state index < -0.39 is 6.93 Å². The molecule has 3 saturated heterocycles. The first kappa shape index (κ1) is 35.7. The van der Waals surface area contributed by atoms with Crippen LogP contribution in [0.4, 0.5) is 14.5 Å². The number of hydrogen-bond donors (Lipinski definition) is 2. The Labute approximate surface area is 265 Å². The summed E-state index contributed by atoms with van der Waals surface area (Å²) in [5.74, 6) is 1.74. The molecule has 3 aliphatic rings. The molecule has 3 heterocycles. The number of aliphatic hydroxyl groups excluding tert-OH is 2. The van der Waals surface area contributed by atoms with Crippen molar-refractivity contribution in [1.29, 1.82) is 0 Å². The zero-order valence-electron chi connectivity index (χ0n) is 26.0. The second-order valence-electron chi connectivity index (χ2n) is 11.9. The molecule has 10 heteroatoms. The fourth-order valence-corrected chi connectivity index (χ4v) is 6.91. The van der Waals surface area contributed by atoms with Crippen molar-refractivity contribution in [2.75, 3.05) is 64.8 Å². The third-order valence-electron chi connectivity index (χ3n) is 9.26. The molecule has 0 aliphatic carbocycles. The molecule has 0 saturated carbocycles. The molecule has 5 rings (SSSR count). The average molecular weight is 636 g/mol. The first-order chi connectivity index (χ1) is 21.3. The van der Waals surface area contributed by atoms with Crippen LogP contribution in [0.3, 0.4) is 0 Å². The standard InChI is InChI=1S/C32H42ClN3O3.CH2F2.CH4O/c1-23(27-5-3-2-4-6-27)31(38)35-16-11-25(12-17-35)19-24-9-14-34(15-10-24)28-7-8-29(30(33)20-28)32(39)36-18-13-26(21-36)22-37;2-1-3;1-2/h2-8,20,23-26,37H,9-19,21-22H2,1H3;1H2;2H,1H3. The Bertz CT molecular complexity index is 1160. The quantitative estimate of drug-likeness (QED) is 0.394. The van der Waals surface area contributed by atoms with E-state index in [1.54, 1.807) is 4.90 Å². The molecule has 2 aromatic carbocycles. The molecule has 2 N–H and O–H groups in total. The maximum Gasteiger partial charge on any atom is 0.255 e. The highest BCUT2D eigenvalue weighted by molar-refractivity contribution is 6.34. The number of carbonyl (C=O) groups excluding carboxylic acids is 2. The number of carbonyl (C=O) groups is 2. The monoisotopic (exact) mass is 635 g/mol. The van der Waals surface area contributed by atoms with Gasteiger partial charge in [0.25, 0.3) is 5.91 Å². The van der Waals surface area contributed by atoms with E-state index in [4.69, 9.17) is 16.7 Å². The number of anilines is 1. The summed E-state index contributed by atoms with van der Waals surface area (Å²) in [7, 11) is 1.00. The SMILES string of the molecule is CC(C(=O)N1CCC(CC2CCN(c3ccc(C(=O)N4CCC(CO)C4)c(Cl)c3)CC2)CC1)c1ccccc1.CO.FCF. The van der Waals surface area contributed by atoms with Gasteiger partial charge in [-0.05, 0) is 81.0 Å². The molecule has 3 fully saturated rings. The van der Waals surface area contributed by atoms with Crippen LogP contribution in [0.15, 0.2) is 48.5 Å². The molecule has 2 aromatic rings. The molecule has 7 nitrogen and oxygen atoms in total. The third kappa shape index (κ3) is 9.62. The molecular weight excluding hydrogens is 588 g/mol. The van der Waals surface area contributed by atoms with Crippen molar-refractivity contribution < 1.29 is 28.6 Å². The van der Waals surface area contributed by atoms with Crippen molar-refractivity contribution in [3.05, 3.63) is 64.7 Å². The summed E-state index contributed by atoms with van der Waals surface area (Å²) in [6.45, 7) is 5.44. The van der Waals surface area contributed by atoms with Crippen LogP contribution in [0.2, 0.25) is 5.02 Å². The molecular formula is C34H48ClF2N3O4. The molecule has 2 amide bonds. The number of piperidine rings is 2. The maximum atomic E-state index is 13.0. The molecule has 2 unspecified atom stereocenters. The second-order valence-corrected chi connectivity index (χ2v) is 12.3. The van der Waals surface area contributed by atoms with E-state index in [9.17, 15) is 23.5 Å². The van der Waals surface area contributed by atoms with E-state index in [2.05, 4.69) is 9.80 Å². The summed E-state index contributed by atoms with van der Waals surface area (Å²) in [5.41, 5.74) is 2.74. The fraction of sp³-hybridized carbons (Fsp3) is 0.588. The van der Waals surface area contributed by atoms with Gasteiger partial charge < -0.3 is 24.9 Å². The van der Waals surface area contributed by atoms with Crippen LogP contribution in [0, 0.1) is 17.8 Å². The minimum atomic E-state index is -1.75. The van der Waals surface area contributed by atoms with Crippen LogP contribution < -0.4 is 4.90 Å². The number of amides is 2. The van der Waals surface area contributed by atoms with Crippen LogP contribution in [-0.2, 0) is 4.79 Å². The highest BCUT2D eigenvalue weighted by Gasteiger charge is 2.30. The lowest BCUT2D eigenvalue weighted by molar-refractivity contribution is -0.133. The van der Waals surface area contributed by atoms with Crippen LogP contribution in [0.25, 0.3) is 0 Å². The highest BCUT2D eigenvalue weighted by atomic mass is 35.5. The van der Waals surface area contributed by atoms with Gasteiger partial charge in [-0.15, -0.1) is 0 Å². The summed E-state index contributed by atoms with van der Waals surface area (Å²) in [6, 6.07) is 15.9. The molecule has 244 valence electrons. The minimum Gasteiger partial charge on any atom is -0.400 e. The van der Waals surface area contributed by atoms with E-state index in [1.165, 1.54) is 19.3 Å². The molecule has 0 aromatic heterocycles. The van der Waals surface area contributed by atoms with Gasteiger partial charge in [0, 0.05) is 64.6 Å². The van der Waals surface area contributed by atoms with Gasteiger partial charge in [-0.1, -0.05) is 41.9 Å². The summed E-state index contributed by atoms with van der Waals surface area (Å²) in [6.07, 6.45) is 6.64. The molecule has 0 spiro atoms. The lowest BCUT2D eigenvalue weighted by Crippen LogP contribution is -2.41. The van der Waals surface area contributed by atoms with E-state index in [0.717, 1.165) is 69.7 Å². The lowest BCUT2D eigenvalue weighted by atomic mass is 9.82. The van der Waals surface area contributed by atoms with E-state index >= 15 is 0 Å². The van der Waals surface area contributed by atoms with Crippen LogP contribution in [0.1, 0.15) is 67.3 Å². The number of hydrogen-bond acceptors (Lipinski definition) is 5. The first-order valence-electron chi connectivity index (χ1n) is 15.7. The number of nitrogens with zero attached hydrogens (tertiary/aromatic N) is 3. The Morgan fingerprint density at radius 1 is 0.864 bits per heavy atom. The zero-order valence-corrected chi connectivity index (χ0v) is 26.8. The fourth-order valence-electron chi connectivity index (χ4n) is 6.66. The zero-order chi connectivity index (χ0) is 32.1.